The van der Waals surface area contributed by atoms with Crippen molar-refractivity contribution < 1.29 is 8.42 Å². The number of hydrogen-bond donors (Lipinski definition) is 4. The van der Waals surface area contributed by atoms with Crippen LogP contribution in [0.3, 0.4) is 0 Å². The average molecular weight is 292 g/mol. The van der Waals surface area contributed by atoms with Crippen LogP contribution in [0.2, 0.25) is 0 Å². The van der Waals surface area contributed by atoms with Gasteiger partial charge in [0.25, 0.3) is 0 Å². The van der Waals surface area contributed by atoms with Crippen molar-refractivity contribution in [1.29, 1.82) is 0 Å². The van der Waals surface area contributed by atoms with Crippen molar-refractivity contribution in [3.05, 3.63) is 52.7 Å². The third-order valence-electron chi connectivity index (χ3n) is 2.91. The first-order valence-electron chi connectivity index (χ1n) is 5.88. The van der Waals surface area contributed by atoms with Crippen molar-refractivity contribution in [2.75, 3.05) is 0 Å². The third-order valence-corrected chi connectivity index (χ3v) is 4.31. The monoisotopic (exact) mass is 292 g/mol. The molecule has 104 valence electrons. The van der Waals surface area contributed by atoms with E-state index in [4.69, 9.17) is 0 Å². The summed E-state index contributed by atoms with van der Waals surface area (Å²) in [6.07, 6.45) is 1.72. The van der Waals surface area contributed by atoms with Crippen molar-refractivity contribution in [1.82, 2.24) is 19.7 Å². The van der Waals surface area contributed by atoms with Gasteiger partial charge in [-0.15, -0.1) is 0 Å². The first-order valence-corrected chi connectivity index (χ1v) is 7.37. The van der Waals surface area contributed by atoms with Crippen LogP contribution in [0.5, 0.6) is 0 Å². The minimum Gasteiger partial charge on any atom is -0.364 e. The van der Waals surface area contributed by atoms with Gasteiger partial charge >= 0.3 is 5.69 Å². The van der Waals surface area contributed by atoms with E-state index in [9.17, 15) is 13.2 Å². The smallest absolute Gasteiger partial charge is 0.323 e. The molecule has 0 saturated carbocycles. The summed E-state index contributed by atoms with van der Waals surface area (Å²) in [6.45, 7) is 0.178. The van der Waals surface area contributed by atoms with E-state index in [2.05, 4.69) is 19.7 Å². The Morgan fingerprint density at radius 2 is 1.90 bits per heavy atom. The van der Waals surface area contributed by atoms with Gasteiger partial charge in [0.05, 0.1) is 22.5 Å². The molecule has 0 saturated heterocycles. The Morgan fingerprint density at radius 1 is 1.10 bits per heavy atom. The number of rotatable bonds is 4. The van der Waals surface area contributed by atoms with Crippen molar-refractivity contribution in [3.8, 4) is 0 Å². The number of nitrogens with one attached hydrogen (secondary N) is 4. The molecule has 0 amide bonds. The molecule has 1 aromatic carbocycles. The molecule has 0 bridgehead atoms. The average Bonchev–Trinajstić information content (AvgIpc) is 3.03. The Morgan fingerprint density at radius 3 is 2.65 bits per heavy atom. The second-order valence-electron chi connectivity index (χ2n) is 4.31. The van der Waals surface area contributed by atoms with Gasteiger partial charge in [-0.25, -0.2) is 17.9 Å². The molecular weight excluding hydrogens is 280 g/mol. The fraction of sp³-hybridized carbons (Fsp3) is 0.0833. The molecule has 8 heteroatoms. The highest BCUT2D eigenvalue weighted by Gasteiger charge is 2.15. The number of imidazole rings is 1. The maximum Gasteiger partial charge on any atom is 0.323 e. The van der Waals surface area contributed by atoms with Gasteiger partial charge in [0.2, 0.25) is 10.0 Å². The summed E-state index contributed by atoms with van der Waals surface area (Å²) in [5.41, 5.74) is 1.43. The van der Waals surface area contributed by atoms with Crippen LogP contribution in [0.4, 0.5) is 0 Å². The van der Waals surface area contributed by atoms with Gasteiger partial charge in [-0.2, -0.15) is 0 Å². The largest absolute Gasteiger partial charge is 0.364 e. The highest BCUT2D eigenvalue weighted by molar-refractivity contribution is 7.89. The predicted octanol–water partition coefficient (Wildman–Crippen LogP) is 0.663. The minimum atomic E-state index is -3.62. The van der Waals surface area contributed by atoms with Crippen LogP contribution in [-0.2, 0) is 16.6 Å². The van der Waals surface area contributed by atoms with Gasteiger partial charge < -0.3 is 15.0 Å². The van der Waals surface area contributed by atoms with E-state index in [0.29, 0.717) is 11.0 Å². The molecule has 2 aromatic heterocycles. The molecule has 0 unspecified atom stereocenters. The highest BCUT2D eigenvalue weighted by atomic mass is 32.2. The van der Waals surface area contributed by atoms with Crippen LogP contribution in [0.25, 0.3) is 11.0 Å². The van der Waals surface area contributed by atoms with Crippen LogP contribution < -0.4 is 10.4 Å². The Kier molecular flexibility index (Phi) is 2.96. The number of H-pyrrole nitrogens is 3. The molecule has 7 nitrogen and oxygen atoms in total. The fourth-order valence-corrected chi connectivity index (χ4v) is 2.94. The summed E-state index contributed by atoms with van der Waals surface area (Å²) < 4.78 is 26.8. The van der Waals surface area contributed by atoms with Crippen molar-refractivity contribution in [3.63, 3.8) is 0 Å². The summed E-state index contributed by atoms with van der Waals surface area (Å²) in [6, 6.07) is 8.00. The molecule has 0 fully saturated rings. The molecule has 2 heterocycles. The van der Waals surface area contributed by atoms with Gasteiger partial charge in [-0.05, 0) is 30.3 Å². The van der Waals surface area contributed by atoms with Gasteiger partial charge in [-0.3, -0.25) is 0 Å². The van der Waals surface area contributed by atoms with Crippen molar-refractivity contribution in [2.24, 2.45) is 0 Å². The van der Waals surface area contributed by atoms with E-state index in [1.165, 1.54) is 12.1 Å². The van der Waals surface area contributed by atoms with Gasteiger partial charge in [0.15, 0.2) is 0 Å². The van der Waals surface area contributed by atoms with E-state index < -0.39 is 10.0 Å². The number of benzene rings is 1. The summed E-state index contributed by atoms with van der Waals surface area (Å²) in [5.74, 6) is 0. The van der Waals surface area contributed by atoms with E-state index in [0.717, 1.165) is 5.69 Å². The molecule has 0 spiro atoms. The van der Waals surface area contributed by atoms with Gasteiger partial charge in [0.1, 0.15) is 0 Å². The van der Waals surface area contributed by atoms with E-state index >= 15 is 0 Å². The fourth-order valence-electron chi connectivity index (χ4n) is 1.91. The summed E-state index contributed by atoms with van der Waals surface area (Å²) in [7, 11) is -3.62. The second kappa shape index (κ2) is 4.66. The molecule has 3 rings (SSSR count). The topological polar surface area (TPSA) is 111 Å². The second-order valence-corrected chi connectivity index (χ2v) is 6.07. The third kappa shape index (κ3) is 2.38. The maximum atomic E-state index is 12.2. The lowest BCUT2D eigenvalue weighted by Gasteiger charge is -2.05. The molecule has 3 aromatic rings. The van der Waals surface area contributed by atoms with Crippen LogP contribution >= 0.6 is 0 Å². The number of fused-ring (bicyclic) bond motifs is 1. The lowest BCUT2D eigenvalue weighted by atomic mass is 10.3. The van der Waals surface area contributed by atoms with Gasteiger partial charge in [0, 0.05) is 11.9 Å². The standard InChI is InChI=1S/C12H12N4O3S/c17-12-15-10-4-3-9(6-11(10)16-12)20(18,19)14-7-8-2-1-5-13-8/h1-6,13-14H,7H2,(H2,15,16,17). The summed E-state index contributed by atoms with van der Waals surface area (Å²) in [4.78, 5) is 19.3. The lowest BCUT2D eigenvalue weighted by molar-refractivity contribution is 0.580. The number of aromatic amines is 3. The first kappa shape index (κ1) is 12.7. The molecular formula is C12H12N4O3S. The zero-order valence-corrected chi connectivity index (χ0v) is 11.1. The van der Waals surface area contributed by atoms with Crippen LogP contribution in [0.1, 0.15) is 5.69 Å². The Balaban J connectivity index is 1.90. The molecule has 0 atom stereocenters. The van der Waals surface area contributed by atoms with Crippen molar-refractivity contribution in [2.45, 2.75) is 11.4 Å². The van der Waals surface area contributed by atoms with Crippen LogP contribution in [-0.4, -0.2) is 23.4 Å². The Hall–Kier alpha value is -2.32. The Bertz CT molecular complexity index is 890. The van der Waals surface area contributed by atoms with Crippen LogP contribution in [0, 0.1) is 0 Å². The first-order chi connectivity index (χ1) is 9.54. The SMILES string of the molecule is O=c1[nH]c2ccc(S(=O)(=O)NCc3ccc[nH]3)cc2[nH]1. The lowest BCUT2D eigenvalue weighted by Crippen LogP contribution is -2.23. The maximum absolute atomic E-state index is 12.2. The Labute approximate surface area is 114 Å². The zero-order chi connectivity index (χ0) is 14.2. The van der Waals surface area contributed by atoms with Crippen molar-refractivity contribution >= 4 is 21.1 Å². The molecule has 20 heavy (non-hydrogen) atoms. The highest BCUT2D eigenvalue weighted by Crippen LogP contribution is 2.15. The minimum absolute atomic E-state index is 0.104. The molecule has 4 N–H and O–H groups in total. The molecule has 0 aliphatic rings. The van der Waals surface area contributed by atoms with Gasteiger partial charge in [-0.1, -0.05) is 0 Å². The quantitative estimate of drug-likeness (QED) is 0.567. The zero-order valence-electron chi connectivity index (χ0n) is 10.3. The summed E-state index contributed by atoms with van der Waals surface area (Å²) >= 11 is 0. The van der Waals surface area contributed by atoms with E-state index in [1.807, 2.05) is 0 Å². The number of sulfonamides is 1. The van der Waals surface area contributed by atoms with E-state index in [-0.39, 0.29) is 17.1 Å². The number of hydrogen-bond acceptors (Lipinski definition) is 3. The van der Waals surface area contributed by atoms with Crippen LogP contribution in [0.15, 0.2) is 46.2 Å². The normalized spacial score (nSPS) is 12.0. The number of aromatic nitrogens is 3. The molecule has 0 aliphatic carbocycles. The molecule has 0 radical (unpaired) electrons. The van der Waals surface area contributed by atoms with E-state index in [1.54, 1.807) is 24.4 Å². The molecule has 0 aliphatic heterocycles. The summed E-state index contributed by atoms with van der Waals surface area (Å²) in [5, 5.41) is 0. The predicted molar refractivity (Wildman–Crippen MR) is 73.7 cm³/mol.